The van der Waals surface area contributed by atoms with Gasteiger partial charge in [0.1, 0.15) is 0 Å². The molecule has 0 radical (unpaired) electrons. The van der Waals surface area contributed by atoms with E-state index in [0.29, 0.717) is 11.3 Å². The van der Waals surface area contributed by atoms with Gasteiger partial charge in [0.15, 0.2) is 0 Å². The first-order chi connectivity index (χ1) is 8.81. The van der Waals surface area contributed by atoms with Crippen LogP contribution in [0.1, 0.15) is 64.7 Å². The maximum absolute atomic E-state index is 12.6. The third-order valence-corrected chi connectivity index (χ3v) is 6.61. The molecule has 2 fully saturated rings. The van der Waals surface area contributed by atoms with Crippen LogP contribution in [0.4, 0.5) is 0 Å². The lowest BCUT2D eigenvalue weighted by Gasteiger charge is -2.32. The van der Waals surface area contributed by atoms with E-state index in [2.05, 4.69) is 12.2 Å². The van der Waals surface area contributed by atoms with Gasteiger partial charge in [-0.3, -0.25) is 4.21 Å². The Labute approximate surface area is 115 Å². The molecule has 3 unspecified atom stereocenters. The number of hydrogen-bond acceptors (Lipinski definition) is 2. The average molecular weight is 271 g/mol. The fourth-order valence-corrected chi connectivity index (χ4v) is 5.58. The minimum absolute atomic E-state index is 0.436. The van der Waals surface area contributed by atoms with E-state index in [0.717, 1.165) is 18.2 Å². The van der Waals surface area contributed by atoms with Crippen molar-refractivity contribution in [1.29, 1.82) is 0 Å². The maximum atomic E-state index is 12.6. The average Bonchev–Trinajstić information content (AvgIpc) is 2.89. The molecular formula is C15H29NOS. The van der Waals surface area contributed by atoms with Gasteiger partial charge in [-0.05, 0) is 44.6 Å². The smallest absolute Gasteiger partial charge is 0.0501 e. The molecule has 2 saturated carbocycles. The highest BCUT2D eigenvalue weighted by molar-refractivity contribution is 7.85. The van der Waals surface area contributed by atoms with Crippen molar-refractivity contribution in [3.63, 3.8) is 0 Å². The van der Waals surface area contributed by atoms with Crippen LogP contribution in [0.5, 0.6) is 0 Å². The van der Waals surface area contributed by atoms with E-state index in [9.17, 15) is 4.21 Å². The lowest BCUT2D eigenvalue weighted by molar-refractivity contribution is 0.378. The van der Waals surface area contributed by atoms with Crippen LogP contribution in [-0.2, 0) is 10.8 Å². The highest BCUT2D eigenvalue weighted by atomic mass is 32.2. The van der Waals surface area contributed by atoms with Crippen LogP contribution in [-0.4, -0.2) is 27.8 Å². The molecule has 0 amide bonds. The fraction of sp³-hybridized carbons (Fsp3) is 1.00. The molecule has 3 atom stereocenters. The zero-order chi connectivity index (χ0) is 12.8. The van der Waals surface area contributed by atoms with Crippen molar-refractivity contribution in [3.05, 3.63) is 0 Å². The standard InChI is InChI=1S/C15H29NOS/c1-2-11-16-14-9-5-6-10-15(14)18(17)12-13-7-3-4-8-13/h13-16H,2-12H2,1H3. The van der Waals surface area contributed by atoms with E-state index in [1.54, 1.807) is 0 Å². The molecule has 0 aromatic heterocycles. The SMILES string of the molecule is CCCNC1CCCCC1S(=O)CC1CCCC1. The molecular weight excluding hydrogens is 242 g/mol. The fourth-order valence-electron chi connectivity index (χ4n) is 3.51. The van der Waals surface area contributed by atoms with Gasteiger partial charge in [0.25, 0.3) is 0 Å². The molecule has 0 bridgehead atoms. The Balaban J connectivity index is 1.84. The predicted octanol–water partition coefficient (Wildman–Crippen LogP) is 3.24. The molecule has 2 aliphatic carbocycles. The molecule has 106 valence electrons. The Morgan fingerprint density at radius 2 is 1.72 bits per heavy atom. The maximum Gasteiger partial charge on any atom is 0.0501 e. The summed E-state index contributed by atoms with van der Waals surface area (Å²) < 4.78 is 12.6. The second kappa shape index (κ2) is 7.64. The zero-order valence-corrected chi connectivity index (χ0v) is 12.6. The first kappa shape index (κ1) is 14.5. The monoisotopic (exact) mass is 271 g/mol. The summed E-state index contributed by atoms with van der Waals surface area (Å²) >= 11 is 0. The van der Waals surface area contributed by atoms with Crippen LogP contribution < -0.4 is 5.32 Å². The molecule has 0 aromatic carbocycles. The Hall–Kier alpha value is 0.110. The summed E-state index contributed by atoms with van der Waals surface area (Å²) in [6.07, 6.45) is 11.6. The molecule has 0 aromatic rings. The van der Waals surface area contributed by atoms with Crippen molar-refractivity contribution in [3.8, 4) is 0 Å². The van der Waals surface area contributed by atoms with Gasteiger partial charge < -0.3 is 5.32 Å². The van der Waals surface area contributed by atoms with Crippen molar-refractivity contribution in [2.45, 2.75) is 76.0 Å². The predicted molar refractivity (Wildman–Crippen MR) is 79.3 cm³/mol. The molecule has 2 rings (SSSR count). The van der Waals surface area contributed by atoms with Gasteiger partial charge in [-0.15, -0.1) is 0 Å². The van der Waals surface area contributed by atoms with Crippen LogP contribution >= 0.6 is 0 Å². The summed E-state index contributed by atoms with van der Waals surface area (Å²) in [5.41, 5.74) is 0. The molecule has 18 heavy (non-hydrogen) atoms. The number of nitrogens with one attached hydrogen (secondary N) is 1. The highest BCUT2D eigenvalue weighted by Gasteiger charge is 2.31. The molecule has 2 nitrogen and oxygen atoms in total. The van der Waals surface area contributed by atoms with Gasteiger partial charge in [-0.2, -0.15) is 0 Å². The van der Waals surface area contributed by atoms with Crippen molar-refractivity contribution in [2.75, 3.05) is 12.3 Å². The summed E-state index contributed by atoms with van der Waals surface area (Å²) in [7, 11) is -0.592. The number of hydrogen-bond donors (Lipinski definition) is 1. The summed E-state index contributed by atoms with van der Waals surface area (Å²) in [5.74, 6) is 1.74. The Morgan fingerprint density at radius 1 is 1.06 bits per heavy atom. The van der Waals surface area contributed by atoms with Crippen LogP contribution in [0.25, 0.3) is 0 Å². The zero-order valence-electron chi connectivity index (χ0n) is 11.8. The second-order valence-corrected chi connectivity index (χ2v) is 7.78. The lowest BCUT2D eigenvalue weighted by atomic mass is 9.95. The largest absolute Gasteiger partial charge is 0.313 e. The van der Waals surface area contributed by atoms with E-state index in [4.69, 9.17) is 0 Å². The first-order valence-corrected chi connectivity index (χ1v) is 9.30. The van der Waals surface area contributed by atoms with E-state index in [1.165, 1.54) is 57.8 Å². The Bertz CT molecular complexity index is 263. The van der Waals surface area contributed by atoms with Crippen molar-refractivity contribution in [1.82, 2.24) is 5.32 Å². The Morgan fingerprint density at radius 3 is 2.44 bits per heavy atom. The molecule has 0 heterocycles. The molecule has 2 aliphatic rings. The van der Waals surface area contributed by atoms with Gasteiger partial charge >= 0.3 is 0 Å². The normalized spacial score (nSPS) is 31.6. The summed E-state index contributed by atoms with van der Waals surface area (Å²) in [6, 6.07) is 0.529. The van der Waals surface area contributed by atoms with Crippen LogP contribution in [0.2, 0.25) is 0 Å². The Kier molecular flexibility index (Phi) is 6.16. The van der Waals surface area contributed by atoms with Gasteiger partial charge in [0, 0.05) is 22.6 Å². The van der Waals surface area contributed by atoms with E-state index >= 15 is 0 Å². The molecule has 1 N–H and O–H groups in total. The third kappa shape index (κ3) is 4.06. The lowest BCUT2D eigenvalue weighted by Crippen LogP contribution is -2.45. The van der Waals surface area contributed by atoms with Gasteiger partial charge in [-0.25, -0.2) is 0 Å². The summed E-state index contributed by atoms with van der Waals surface area (Å²) in [6.45, 7) is 3.29. The van der Waals surface area contributed by atoms with E-state index in [1.807, 2.05) is 0 Å². The van der Waals surface area contributed by atoms with Gasteiger partial charge in [-0.1, -0.05) is 32.6 Å². The van der Waals surface area contributed by atoms with Gasteiger partial charge in [0.2, 0.25) is 0 Å². The topological polar surface area (TPSA) is 29.1 Å². The molecule has 3 heteroatoms. The molecule has 0 saturated heterocycles. The number of rotatable bonds is 6. The van der Waals surface area contributed by atoms with E-state index < -0.39 is 10.8 Å². The van der Waals surface area contributed by atoms with Crippen LogP contribution in [0.3, 0.4) is 0 Å². The van der Waals surface area contributed by atoms with Crippen molar-refractivity contribution in [2.24, 2.45) is 5.92 Å². The second-order valence-electron chi connectivity index (χ2n) is 6.08. The van der Waals surface area contributed by atoms with Gasteiger partial charge in [0.05, 0.1) is 5.25 Å². The van der Waals surface area contributed by atoms with Crippen molar-refractivity contribution < 1.29 is 4.21 Å². The van der Waals surface area contributed by atoms with E-state index in [-0.39, 0.29) is 0 Å². The quantitative estimate of drug-likeness (QED) is 0.803. The minimum Gasteiger partial charge on any atom is -0.313 e. The third-order valence-electron chi connectivity index (χ3n) is 4.57. The molecule has 0 spiro atoms. The summed E-state index contributed by atoms with van der Waals surface area (Å²) in [5, 5.41) is 4.07. The van der Waals surface area contributed by atoms with Crippen molar-refractivity contribution >= 4 is 10.8 Å². The summed E-state index contributed by atoms with van der Waals surface area (Å²) in [4.78, 5) is 0. The highest BCUT2D eigenvalue weighted by Crippen LogP contribution is 2.29. The van der Waals surface area contributed by atoms with Crippen LogP contribution in [0.15, 0.2) is 0 Å². The first-order valence-electron chi connectivity index (χ1n) is 7.91. The molecule has 0 aliphatic heterocycles. The van der Waals surface area contributed by atoms with Crippen LogP contribution in [0, 0.1) is 5.92 Å². The minimum atomic E-state index is -0.592.